The molecule has 6 nitrogen and oxygen atoms in total. The van der Waals surface area contributed by atoms with Gasteiger partial charge in [-0.15, -0.1) is 0 Å². The molecule has 1 aromatic rings. The van der Waals surface area contributed by atoms with E-state index >= 15 is 0 Å². The van der Waals surface area contributed by atoms with Gasteiger partial charge in [-0.1, -0.05) is 6.07 Å². The largest absolute Gasteiger partial charge is 0.450 e. The van der Waals surface area contributed by atoms with Crippen LogP contribution in [0.2, 0.25) is 0 Å². The first kappa shape index (κ1) is 14.6. The van der Waals surface area contributed by atoms with Crippen molar-refractivity contribution in [1.82, 2.24) is 14.8 Å². The Morgan fingerprint density at radius 3 is 2.75 bits per heavy atom. The van der Waals surface area contributed by atoms with Crippen molar-refractivity contribution < 1.29 is 9.53 Å². The van der Waals surface area contributed by atoms with E-state index in [1.54, 1.807) is 4.90 Å². The molecule has 0 spiro atoms. The van der Waals surface area contributed by atoms with Gasteiger partial charge in [0.05, 0.1) is 12.3 Å². The van der Waals surface area contributed by atoms with Crippen LogP contribution in [0.5, 0.6) is 0 Å². The highest BCUT2D eigenvalue weighted by Gasteiger charge is 2.21. The van der Waals surface area contributed by atoms with Gasteiger partial charge in [-0.25, -0.2) is 9.78 Å². The molecule has 0 unspecified atom stereocenters. The number of ether oxygens (including phenoxy) is 1. The fraction of sp³-hybridized carbons (Fsp3) is 0.571. The van der Waals surface area contributed by atoms with Crippen LogP contribution >= 0.6 is 0 Å². The van der Waals surface area contributed by atoms with Gasteiger partial charge in [0, 0.05) is 39.8 Å². The van der Waals surface area contributed by atoms with Gasteiger partial charge in [-0.3, -0.25) is 4.90 Å². The van der Waals surface area contributed by atoms with Crippen LogP contribution < -0.4 is 5.32 Å². The van der Waals surface area contributed by atoms with Crippen molar-refractivity contribution in [3.8, 4) is 0 Å². The maximum absolute atomic E-state index is 11.6. The van der Waals surface area contributed by atoms with Crippen LogP contribution in [0.4, 0.5) is 10.6 Å². The van der Waals surface area contributed by atoms with E-state index in [9.17, 15) is 4.79 Å². The van der Waals surface area contributed by atoms with E-state index in [2.05, 4.69) is 15.2 Å². The van der Waals surface area contributed by atoms with Crippen molar-refractivity contribution in [1.29, 1.82) is 0 Å². The van der Waals surface area contributed by atoms with Gasteiger partial charge in [0.15, 0.2) is 0 Å². The zero-order chi connectivity index (χ0) is 14.4. The number of pyridine rings is 1. The summed E-state index contributed by atoms with van der Waals surface area (Å²) in [5.41, 5.74) is 1.04. The zero-order valence-corrected chi connectivity index (χ0v) is 12.1. The van der Waals surface area contributed by atoms with Gasteiger partial charge < -0.3 is 15.0 Å². The highest BCUT2D eigenvalue weighted by Crippen LogP contribution is 2.10. The lowest BCUT2D eigenvalue weighted by molar-refractivity contribution is 0.0775. The first-order valence-corrected chi connectivity index (χ1v) is 7.00. The molecule has 1 aliphatic heterocycles. The number of carbonyl (C=O) groups is 1. The van der Waals surface area contributed by atoms with E-state index < -0.39 is 0 Å². The van der Waals surface area contributed by atoms with Crippen molar-refractivity contribution in [2.45, 2.75) is 13.5 Å². The molecule has 0 saturated carbocycles. The number of nitrogens with zero attached hydrogens (tertiary/aromatic N) is 3. The molecule has 1 aliphatic rings. The lowest BCUT2D eigenvalue weighted by Crippen LogP contribution is -2.48. The number of piperazine rings is 1. The molecule has 1 aromatic heterocycles. The molecule has 0 bridgehead atoms. The van der Waals surface area contributed by atoms with Crippen LogP contribution in [-0.4, -0.2) is 60.7 Å². The lowest BCUT2D eigenvalue weighted by atomic mass is 10.2. The van der Waals surface area contributed by atoms with Gasteiger partial charge in [-0.05, 0) is 19.1 Å². The van der Waals surface area contributed by atoms with Gasteiger partial charge in [0.25, 0.3) is 0 Å². The van der Waals surface area contributed by atoms with Gasteiger partial charge >= 0.3 is 6.09 Å². The Hall–Kier alpha value is -1.82. The summed E-state index contributed by atoms with van der Waals surface area (Å²) in [5.74, 6) is 0.882. The Kier molecular flexibility index (Phi) is 5.17. The summed E-state index contributed by atoms with van der Waals surface area (Å²) in [6, 6.07) is 5.98. The summed E-state index contributed by atoms with van der Waals surface area (Å²) in [5, 5.41) is 3.04. The van der Waals surface area contributed by atoms with Gasteiger partial charge in [0.2, 0.25) is 0 Å². The van der Waals surface area contributed by atoms with E-state index in [0.717, 1.165) is 31.1 Å². The quantitative estimate of drug-likeness (QED) is 0.902. The average Bonchev–Trinajstić information content (AvgIpc) is 2.48. The third kappa shape index (κ3) is 3.84. The number of hydrogen-bond acceptors (Lipinski definition) is 5. The molecule has 0 atom stereocenters. The second kappa shape index (κ2) is 7.09. The van der Waals surface area contributed by atoms with Crippen molar-refractivity contribution in [2.24, 2.45) is 0 Å². The smallest absolute Gasteiger partial charge is 0.409 e. The highest BCUT2D eigenvalue weighted by atomic mass is 16.6. The average molecular weight is 278 g/mol. The van der Waals surface area contributed by atoms with Gasteiger partial charge in [0.1, 0.15) is 5.82 Å². The number of rotatable bonds is 4. The molecule has 2 rings (SSSR count). The van der Waals surface area contributed by atoms with Crippen molar-refractivity contribution in [3.63, 3.8) is 0 Å². The molecule has 2 heterocycles. The van der Waals surface area contributed by atoms with Crippen LogP contribution in [0, 0.1) is 0 Å². The Balaban J connectivity index is 1.83. The number of anilines is 1. The maximum atomic E-state index is 11.6. The SMILES string of the molecule is CCOC(=O)N1CCN(Cc2cccc(NC)n2)CC1. The third-order valence-electron chi connectivity index (χ3n) is 3.35. The summed E-state index contributed by atoms with van der Waals surface area (Å²) in [7, 11) is 1.87. The molecular formula is C14H22N4O2. The van der Waals surface area contributed by atoms with Crippen LogP contribution in [0.3, 0.4) is 0 Å². The molecule has 0 radical (unpaired) electrons. The van der Waals surface area contributed by atoms with Gasteiger partial charge in [-0.2, -0.15) is 0 Å². The Bertz CT molecular complexity index is 445. The maximum Gasteiger partial charge on any atom is 0.409 e. The van der Waals surface area contributed by atoms with E-state index in [-0.39, 0.29) is 6.09 Å². The predicted octanol–water partition coefficient (Wildman–Crippen LogP) is 1.40. The number of hydrogen-bond donors (Lipinski definition) is 1. The monoisotopic (exact) mass is 278 g/mol. The van der Waals surface area contributed by atoms with Crippen molar-refractivity contribution in [3.05, 3.63) is 23.9 Å². The molecule has 1 amide bonds. The standard InChI is InChI=1S/C14H22N4O2/c1-3-20-14(19)18-9-7-17(8-10-18)11-12-5-4-6-13(15-2)16-12/h4-6H,3,7-11H2,1-2H3,(H,15,16). The predicted molar refractivity (Wildman–Crippen MR) is 77.7 cm³/mol. The molecule has 6 heteroatoms. The summed E-state index contributed by atoms with van der Waals surface area (Å²) in [6.07, 6.45) is -0.206. The van der Waals surface area contributed by atoms with E-state index in [1.807, 2.05) is 32.2 Å². The Morgan fingerprint density at radius 2 is 2.10 bits per heavy atom. The topological polar surface area (TPSA) is 57.7 Å². The first-order chi connectivity index (χ1) is 9.72. The third-order valence-corrected chi connectivity index (χ3v) is 3.35. The van der Waals surface area contributed by atoms with Crippen molar-refractivity contribution in [2.75, 3.05) is 45.2 Å². The number of aromatic nitrogens is 1. The molecule has 1 N–H and O–H groups in total. The Morgan fingerprint density at radius 1 is 1.35 bits per heavy atom. The van der Waals surface area contributed by atoms with Crippen LogP contribution in [0.15, 0.2) is 18.2 Å². The fourth-order valence-corrected chi connectivity index (χ4v) is 2.24. The van der Waals surface area contributed by atoms with Crippen LogP contribution in [0.25, 0.3) is 0 Å². The molecule has 1 saturated heterocycles. The Labute approximate surface area is 119 Å². The number of nitrogens with one attached hydrogen (secondary N) is 1. The molecular weight excluding hydrogens is 256 g/mol. The van der Waals surface area contributed by atoms with Crippen LogP contribution in [-0.2, 0) is 11.3 Å². The number of carbonyl (C=O) groups excluding carboxylic acids is 1. The number of amides is 1. The lowest BCUT2D eigenvalue weighted by Gasteiger charge is -2.33. The minimum absolute atomic E-state index is 0.206. The second-order valence-electron chi connectivity index (χ2n) is 4.73. The molecule has 0 aromatic carbocycles. The molecule has 110 valence electrons. The summed E-state index contributed by atoms with van der Waals surface area (Å²) < 4.78 is 5.01. The first-order valence-electron chi connectivity index (χ1n) is 7.00. The van der Waals surface area contributed by atoms with Crippen molar-refractivity contribution >= 4 is 11.9 Å². The second-order valence-corrected chi connectivity index (χ2v) is 4.73. The molecule has 0 aliphatic carbocycles. The molecule has 1 fully saturated rings. The summed E-state index contributed by atoms with van der Waals surface area (Å²) in [4.78, 5) is 20.2. The summed E-state index contributed by atoms with van der Waals surface area (Å²) >= 11 is 0. The van der Waals surface area contributed by atoms with E-state index in [1.165, 1.54) is 0 Å². The molecule has 20 heavy (non-hydrogen) atoms. The highest BCUT2D eigenvalue weighted by molar-refractivity contribution is 5.67. The van der Waals surface area contributed by atoms with E-state index in [0.29, 0.717) is 19.7 Å². The van der Waals surface area contributed by atoms with E-state index in [4.69, 9.17) is 4.74 Å². The zero-order valence-electron chi connectivity index (χ0n) is 12.1. The van der Waals surface area contributed by atoms with Crippen LogP contribution in [0.1, 0.15) is 12.6 Å². The fourth-order valence-electron chi connectivity index (χ4n) is 2.24. The minimum Gasteiger partial charge on any atom is -0.450 e. The normalized spacial score (nSPS) is 16.0. The summed E-state index contributed by atoms with van der Waals surface area (Å²) in [6.45, 7) is 6.20. The minimum atomic E-state index is -0.206.